The van der Waals surface area contributed by atoms with Crippen LogP contribution in [-0.4, -0.2) is 11.5 Å². The molecule has 2 rings (SSSR count). The Bertz CT molecular complexity index is 533. The van der Waals surface area contributed by atoms with Gasteiger partial charge < -0.3 is 5.84 Å². The Morgan fingerprint density at radius 2 is 1.29 bits per heavy atom. The molecular formula is C14H12N2O. The molecule has 0 aliphatic carbocycles. The number of nitrogens with zero attached hydrogens (tertiary/aromatic N) is 1. The monoisotopic (exact) mass is 224 g/mol. The second-order valence-electron chi connectivity index (χ2n) is 3.54. The first-order chi connectivity index (χ1) is 8.33. The molecule has 17 heavy (non-hydrogen) atoms. The highest BCUT2D eigenvalue weighted by Gasteiger charge is 2.15. The van der Waals surface area contributed by atoms with Gasteiger partial charge in [0.15, 0.2) is 0 Å². The van der Waals surface area contributed by atoms with E-state index < -0.39 is 0 Å². The molecule has 0 saturated heterocycles. The fourth-order valence-electron chi connectivity index (χ4n) is 1.59. The lowest BCUT2D eigenvalue weighted by Crippen LogP contribution is -2.17. The molecule has 3 nitrogen and oxygen atoms in total. The number of hydrazone groups is 1. The highest BCUT2D eigenvalue weighted by atomic mass is 16.1. The minimum atomic E-state index is -0.167. The molecule has 2 N–H and O–H groups in total. The summed E-state index contributed by atoms with van der Waals surface area (Å²) >= 11 is 0. The lowest BCUT2D eigenvalue weighted by Gasteiger charge is -2.04. The normalized spacial score (nSPS) is 11.2. The molecule has 0 fully saturated rings. The number of hydrogen-bond acceptors (Lipinski definition) is 3. The van der Waals surface area contributed by atoms with Gasteiger partial charge in [-0.25, -0.2) is 0 Å². The molecule has 0 aliphatic rings. The van der Waals surface area contributed by atoms with Crippen molar-refractivity contribution in [2.45, 2.75) is 0 Å². The third kappa shape index (κ3) is 2.39. The number of Topliss-reactive ketones (excluding diaryl/α,β-unsaturated/α-hetero) is 1. The van der Waals surface area contributed by atoms with Gasteiger partial charge in [0, 0.05) is 11.1 Å². The van der Waals surface area contributed by atoms with Gasteiger partial charge in [-0.05, 0) is 0 Å². The molecule has 0 spiro atoms. The minimum Gasteiger partial charge on any atom is -0.323 e. The van der Waals surface area contributed by atoms with E-state index in [4.69, 9.17) is 5.84 Å². The lowest BCUT2D eigenvalue weighted by molar-refractivity contribution is 0.106. The van der Waals surface area contributed by atoms with Gasteiger partial charge >= 0.3 is 0 Å². The highest BCUT2D eigenvalue weighted by Crippen LogP contribution is 2.08. The fraction of sp³-hybridized carbons (Fsp3) is 0. The molecule has 2 aromatic carbocycles. The fourth-order valence-corrected chi connectivity index (χ4v) is 1.59. The van der Waals surface area contributed by atoms with Crippen LogP contribution >= 0.6 is 0 Å². The Morgan fingerprint density at radius 1 is 0.824 bits per heavy atom. The maximum atomic E-state index is 12.2. The molecule has 84 valence electrons. The first-order valence-corrected chi connectivity index (χ1v) is 5.26. The number of rotatable bonds is 3. The lowest BCUT2D eigenvalue weighted by atomic mass is 10.0. The summed E-state index contributed by atoms with van der Waals surface area (Å²) in [6, 6.07) is 18.2. The van der Waals surface area contributed by atoms with Crippen LogP contribution in [0.2, 0.25) is 0 Å². The van der Waals surface area contributed by atoms with Crippen molar-refractivity contribution in [1.29, 1.82) is 0 Å². The van der Waals surface area contributed by atoms with E-state index in [0.717, 1.165) is 5.56 Å². The summed E-state index contributed by atoms with van der Waals surface area (Å²) < 4.78 is 0. The second kappa shape index (κ2) is 5.07. The van der Waals surface area contributed by atoms with E-state index in [1.807, 2.05) is 48.5 Å². The maximum absolute atomic E-state index is 12.2. The zero-order valence-electron chi connectivity index (χ0n) is 9.21. The topological polar surface area (TPSA) is 55.4 Å². The average molecular weight is 224 g/mol. The first-order valence-electron chi connectivity index (χ1n) is 5.26. The van der Waals surface area contributed by atoms with Crippen molar-refractivity contribution in [1.82, 2.24) is 0 Å². The summed E-state index contributed by atoms with van der Waals surface area (Å²) in [5.74, 6) is 5.14. The molecule has 0 unspecified atom stereocenters. The number of carbonyl (C=O) groups excluding carboxylic acids is 1. The van der Waals surface area contributed by atoms with Crippen LogP contribution < -0.4 is 5.84 Å². The van der Waals surface area contributed by atoms with Crippen LogP contribution in [-0.2, 0) is 0 Å². The van der Waals surface area contributed by atoms with E-state index in [0.29, 0.717) is 5.56 Å². The molecule has 0 atom stereocenters. The van der Waals surface area contributed by atoms with Crippen molar-refractivity contribution in [3.8, 4) is 0 Å². The second-order valence-corrected chi connectivity index (χ2v) is 3.54. The molecule has 2 aromatic rings. The van der Waals surface area contributed by atoms with Gasteiger partial charge in [-0.1, -0.05) is 60.7 Å². The number of ketones is 1. The van der Waals surface area contributed by atoms with E-state index in [1.54, 1.807) is 12.1 Å². The summed E-state index contributed by atoms with van der Waals surface area (Å²) in [5, 5.41) is 3.60. The van der Waals surface area contributed by atoms with E-state index in [2.05, 4.69) is 5.10 Å². The van der Waals surface area contributed by atoms with Crippen LogP contribution in [0.15, 0.2) is 65.8 Å². The third-order valence-corrected chi connectivity index (χ3v) is 2.43. The number of nitrogens with two attached hydrogens (primary N) is 1. The molecule has 0 aliphatic heterocycles. The van der Waals surface area contributed by atoms with Gasteiger partial charge in [-0.2, -0.15) is 5.10 Å². The number of benzene rings is 2. The number of carbonyl (C=O) groups is 1. The Kier molecular flexibility index (Phi) is 3.31. The van der Waals surface area contributed by atoms with E-state index >= 15 is 0 Å². The smallest absolute Gasteiger partial charge is 0.213 e. The molecule has 0 amide bonds. The van der Waals surface area contributed by atoms with Gasteiger partial charge in [0.2, 0.25) is 5.78 Å². The SMILES string of the molecule is N/N=C(/C(=O)c1ccccc1)c1ccccc1. The minimum absolute atomic E-state index is 0.167. The molecule has 0 radical (unpaired) electrons. The molecule has 0 bridgehead atoms. The standard InChI is InChI=1S/C14H12N2O/c15-16-13(11-7-3-1-4-8-11)14(17)12-9-5-2-6-10-12/h1-10H,15H2/b16-13+. The van der Waals surface area contributed by atoms with Crippen LogP contribution in [0, 0.1) is 0 Å². The van der Waals surface area contributed by atoms with Crippen LogP contribution in [0.25, 0.3) is 0 Å². The van der Waals surface area contributed by atoms with Gasteiger partial charge in [0.1, 0.15) is 5.71 Å². The van der Waals surface area contributed by atoms with Gasteiger partial charge in [-0.15, -0.1) is 0 Å². The van der Waals surface area contributed by atoms with E-state index in [1.165, 1.54) is 0 Å². The first kappa shape index (κ1) is 11.1. The van der Waals surface area contributed by atoms with Gasteiger partial charge in [0.25, 0.3) is 0 Å². The van der Waals surface area contributed by atoms with Crippen molar-refractivity contribution >= 4 is 11.5 Å². The Labute approximate surface area is 99.6 Å². The summed E-state index contributed by atoms with van der Waals surface area (Å²) in [7, 11) is 0. The average Bonchev–Trinajstić information content (AvgIpc) is 2.42. The Hall–Kier alpha value is -2.42. The largest absolute Gasteiger partial charge is 0.323 e. The van der Waals surface area contributed by atoms with Gasteiger partial charge in [0.05, 0.1) is 0 Å². The van der Waals surface area contributed by atoms with Gasteiger partial charge in [-0.3, -0.25) is 4.79 Å². The van der Waals surface area contributed by atoms with Crippen molar-refractivity contribution in [3.05, 3.63) is 71.8 Å². The van der Waals surface area contributed by atoms with Crippen LogP contribution in [0.4, 0.5) is 0 Å². The van der Waals surface area contributed by atoms with Crippen molar-refractivity contribution in [2.24, 2.45) is 10.9 Å². The third-order valence-electron chi connectivity index (χ3n) is 2.43. The molecule has 0 saturated carbocycles. The Balaban J connectivity index is 2.37. The van der Waals surface area contributed by atoms with E-state index in [-0.39, 0.29) is 11.5 Å². The van der Waals surface area contributed by atoms with Crippen molar-refractivity contribution in [2.75, 3.05) is 0 Å². The molecular weight excluding hydrogens is 212 g/mol. The summed E-state index contributed by atoms with van der Waals surface area (Å²) in [6.07, 6.45) is 0. The quantitative estimate of drug-likeness (QED) is 0.376. The van der Waals surface area contributed by atoms with E-state index in [9.17, 15) is 4.79 Å². The number of hydrogen-bond donors (Lipinski definition) is 1. The summed E-state index contributed by atoms with van der Waals surface area (Å²) in [4.78, 5) is 12.2. The van der Waals surface area contributed by atoms with Crippen LogP contribution in [0.3, 0.4) is 0 Å². The predicted molar refractivity (Wildman–Crippen MR) is 67.9 cm³/mol. The van der Waals surface area contributed by atoms with Crippen LogP contribution in [0.1, 0.15) is 15.9 Å². The molecule has 3 heteroatoms. The zero-order valence-corrected chi connectivity index (χ0v) is 9.21. The predicted octanol–water partition coefficient (Wildman–Crippen LogP) is 2.23. The molecule has 0 heterocycles. The van der Waals surface area contributed by atoms with Crippen molar-refractivity contribution < 1.29 is 4.79 Å². The highest BCUT2D eigenvalue weighted by molar-refractivity contribution is 6.51. The maximum Gasteiger partial charge on any atom is 0.213 e. The van der Waals surface area contributed by atoms with Crippen LogP contribution in [0.5, 0.6) is 0 Å². The Morgan fingerprint density at radius 3 is 1.76 bits per heavy atom. The zero-order chi connectivity index (χ0) is 12.1. The van der Waals surface area contributed by atoms with Crippen molar-refractivity contribution in [3.63, 3.8) is 0 Å². The summed E-state index contributed by atoms with van der Waals surface area (Å²) in [6.45, 7) is 0. The molecule has 0 aromatic heterocycles. The summed E-state index contributed by atoms with van der Waals surface area (Å²) in [5.41, 5.74) is 1.58.